The molecule has 0 saturated carbocycles. The molecule has 0 unspecified atom stereocenters. The molecule has 2 heterocycles. The average Bonchev–Trinajstić information content (AvgIpc) is 3.08. The van der Waals surface area contributed by atoms with Crippen LogP contribution in [0.2, 0.25) is 0 Å². The van der Waals surface area contributed by atoms with Gasteiger partial charge in [-0.2, -0.15) is 5.10 Å². The van der Waals surface area contributed by atoms with E-state index in [1.807, 2.05) is 36.5 Å². The summed E-state index contributed by atoms with van der Waals surface area (Å²) in [7, 11) is 0. The summed E-state index contributed by atoms with van der Waals surface area (Å²) in [5, 5.41) is 7.19. The highest BCUT2D eigenvalue weighted by atomic mass is 16.5. The average molecular weight is 300 g/mol. The Morgan fingerprint density at radius 2 is 2.09 bits per heavy atom. The fourth-order valence-corrected chi connectivity index (χ4v) is 2.61. The number of aromatic nitrogens is 2. The fourth-order valence-electron chi connectivity index (χ4n) is 2.61. The summed E-state index contributed by atoms with van der Waals surface area (Å²) in [4.78, 5) is 12.4. The number of rotatable bonds is 4. The van der Waals surface area contributed by atoms with Gasteiger partial charge < -0.3 is 15.8 Å². The normalized spacial score (nSPS) is 17.1. The first-order valence-corrected chi connectivity index (χ1v) is 7.42. The first kappa shape index (κ1) is 14.7. The zero-order valence-electron chi connectivity index (χ0n) is 12.4. The molecule has 0 spiro atoms. The van der Waals surface area contributed by atoms with Crippen molar-refractivity contribution in [2.75, 3.05) is 13.2 Å². The summed E-state index contributed by atoms with van der Waals surface area (Å²) in [6, 6.07) is 9.71. The van der Waals surface area contributed by atoms with Crippen LogP contribution < -0.4 is 11.1 Å². The highest BCUT2D eigenvalue weighted by Crippen LogP contribution is 2.19. The van der Waals surface area contributed by atoms with Crippen molar-refractivity contribution in [1.82, 2.24) is 15.1 Å². The van der Waals surface area contributed by atoms with E-state index in [1.165, 1.54) is 0 Å². The molecule has 1 amide bonds. The molecular formula is C16H20N4O2. The van der Waals surface area contributed by atoms with Crippen molar-refractivity contribution in [3.05, 3.63) is 48.3 Å². The molecule has 1 aliphatic rings. The Morgan fingerprint density at radius 3 is 2.82 bits per heavy atom. The van der Waals surface area contributed by atoms with Crippen molar-refractivity contribution in [3.8, 4) is 5.69 Å². The van der Waals surface area contributed by atoms with E-state index in [1.54, 1.807) is 10.9 Å². The molecular weight excluding hydrogens is 280 g/mol. The maximum atomic E-state index is 12.4. The summed E-state index contributed by atoms with van der Waals surface area (Å²) < 4.78 is 7.06. The summed E-state index contributed by atoms with van der Waals surface area (Å²) in [5.74, 6) is -0.119. The molecule has 0 aliphatic carbocycles. The second-order valence-corrected chi connectivity index (χ2v) is 5.53. The molecule has 1 aromatic heterocycles. The van der Waals surface area contributed by atoms with Crippen LogP contribution in [0.4, 0.5) is 0 Å². The molecule has 116 valence electrons. The number of hydrogen-bond donors (Lipinski definition) is 2. The summed E-state index contributed by atoms with van der Waals surface area (Å²) in [6.45, 7) is 1.50. The fraction of sp³-hybridized carbons (Fsp3) is 0.375. The lowest BCUT2D eigenvalue weighted by molar-refractivity contribution is -0.129. The lowest BCUT2D eigenvalue weighted by Crippen LogP contribution is -2.56. The van der Waals surface area contributed by atoms with E-state index in [4.69, 9.17) is 10.5 Å². The van der Waals surface area contributed by atoms with Crippen molar-refractivity contribution < 1.29 is 9.53 Å². The Kier molecular flexibility index (Phi) is 4.22. The Labute approximate surface area is 129 Å². The zero-order chi connectivity index (χ0) is 15.4. The number of amides is 1. The molecule has 1 aliphatic heterocycles. The van der Waals surface area contributed by atoms with E-state index in [0.29, 0.717) is 32.6 Å². The van der Waals surface area contributed by atoms with E-state index < -0.39 is 5.54 Å². The van der Waals surface area contributed by atoms with Crippen molar-refractivity contribution in [3.63, 3.8) is 0 Å². The Bertz CT molecular complexity index is 633. The lowest BCUT2D eigenvalue weighted by Gasteiger charge is -2.31. The molecule has 0 bridgehead atoms. The first-order valence-electron chi connectivity index (χ1n) is 7.42. The van der Waals surface area contributed by atoms with Gasteiger partial charge in [-0.05, 0) is 30.5 Å². The third kappa shape index (κ3) is 3.03. The summed E-state index contributed by atoms with van der Waals surface area (Å²) >= 11 is 0. The highest BCUT2D eigenvalue weighted by molar-refractivity contribution is 5.86. The van der Waals surface area contributed by atoms with Crippen molar-refractivity contribution in [1.29, 1.82) is 0 Å². The third-order valence-electron chi connectivity index (χ3n) is 4.02. The molecule has 2 aromatic rings. The molecule has 6 nitrogen and oxygen atoms in total. The van der Waals surface area contributed by atoms with Crippen molar-refractivity contribution >= 4 is 5.91 Å². The van der Waals surface area contributed by atoms with Crippen LogP contribution in [0.1, 0.15) is 18.4 Å². The standard InChI is InChI=1S/C16H20N4O2/c17-16(6-10-22-11-7-16)15(21)18-12-13-4-1-2-5-14(13)20-9-3-8-19-20/h1-5,8-9H,6-7,10-12,17H2,(H,18,21). The topological polar surface area (TPSA) is 82.2 Å². The Morgan fingerprint density at radius 1 is 1.32 bits per heavy atom. The number of carbonyl (C=O) groups excluding carboxylic acids is 1. The van der Waals surface area contributed by atoms with E-state index in [0.717, 1.165) is 11.3 Å². The zero-order valence-corrected chi connectivity index (χ0v) is 12.4. The molecule has 6 heteroatoms. The van der Waals surface area contributed by atoms with Crippen LogP contribution in [-0.4, -0.2) is 34.4 Å². The minimum atomic E-state index is -0.821. The SMILES string of the molecule is NC1(C(=O)NCc2ccccc2-n2cccn2)CCOCC1. The second-order valence-electron chi connectivity index (χ2n) is 5.53. The molecule has 1 fully saturated rings. The number of ether oxygens (including phenoxy) is 1. The summed E-state index contributed by atoms with van der Waals surface area (Å²) in [6.07, 6.45) is 4.72. The molecule has 22 heavy (non-hydrogen) atoms. The van der Waals surface area contributed by atoms with Crippen LogP contribution >= 0.6 is 0 Å². The van der Waals surface area contributed by atoms with Gasteiger partial charge in [-0.1, -0.05) is 18.2 Å². The quantitative estimate of drug-likeness (QED) is 0.882. The van der Waals surface area contributed by atoms with Crippen LogP contribution in [-0.2, 0) is 16.1 Å². The van der Waals surface area contributed by atoms with Gasteiger partial charge in [0.05, 0.1) is 11.2 Å². The molecule has 3 rings (SSSR count). The monoisotopic (exact) mass is 300 g/mol. The lowest BCUT2D eigenvalue weighted by atomic mass is 9.90. The van der Waals surface area contributed by atoms with Gasteiger partial charge in [0.15, 0.2) is 0 Å². The van der Waals surface area contributed by atoms with Gasteiger partial charge in [0.2, 0.25) is 5.91 Å². The van der Waals surface area contributed by atoms with E-state index >= 15 is 0 Å². The molecule has 1 aromatic carbocycles. The molecule has 0 atom stereocenters. The number of hydrogen-bond acceptors (Lipinski definition) is 4. The van der Waals surface area contributed by atoms with Gasteiger partial charge in [0, 0.05) is 32.2 Å². The molecule has 3 N–H and O–H groups in total. The van der Waals surface area contributed by atoms with E-state index in [2.05, 4.69) is 10.4 Å². The molecule has 1 saturated heterocycles. The van der Waals surface area contributed by atoms with Crippen LogP contribution in [0, 0.1) is 0 Å². The van der Waals surface area contributed by atoms with Crippen LogP contribution in [0.25, 0.3) is 5.69 Å². The van der Waals surface area contributed by atoms with Crippen molar-refractivity contribution in [2.24, 2.45) is 5.73 Å². The minimum Gasteiger partial charge on any atom is -0.381 e. The predicted molar refractivity (Wildman–Crippen MR) is 82.4 cm³/mol. The summed E-state index contributed by atoms with van der Waals surface area (Å²) in [5.41, 5.74) is 7.31. The van der Waals surface area contributed by atoms with Gasteiger partial charge in [-0.3, -0.25) is 4.79 Å². The van der Waals surface area contributed by atoms with E-state index in [-0.39, 0.29) is 5.91 Å². The minimum absolute atomic E-state index is 0.119. The number of nitrogens with one attached hydrogen (secondary N) is 1. The third-order valence-corrected chi connectivity index (χ3v) is 4.02. The number of nitrogens with zero attached hydrogens (tertiary/aromatic N) is 2. The Balaban J connectivity index is 1.70. The largest absolute Gasteiger partial charge is 0.381 e. The van der Waals surface area contributed by atoms with Gasteiger partial charge in [0.25, 0.3) is 0 Å². The Hall–Kier alpha value is -2.18. The second kappa shape index (κ2) is 6.29. The number of benzene rings is 1. The maximum absolute atomic E-state index is 12.4. The van der Waals surface area contributed by atoms with E-state index in [9.17, 15) is 4.79 Å². The van der Waals surface area contributed by atoms with Gasteiger partial charge in [-0.15, -0.1) is 0 Å². The van der Waals surface area contributed by atoms with Crippen LogP contribution in [0.5, 0.6) is 0 Å². The molecule has 0 radical (unpaired) electrons. The van der Waals surface area contributed by atoms with Crippen molar-refractivity contribution in [2.45, 2.75) is 24.9 Å². The van der Waals surface area contributed by atoms with Crippen LogP contribution in [0.3, 0.4) is 0 Å². The van der Waals surface area contributed by atoms with Gasteiger partial charge >= 0.3 is 0 Å². The number of carbonyl (C=O) groups is 1. The van der Waals surface area contributed by atoms with Crippen LogP contribution in [0.15, 0.2) is 42.7 Å². The predicted octanol–water partition coefficient (Wildman–Crippen LogP) is 0.996. The number of nitrogens with two attached hydrogens (primary N) is 1. The maximum Gasteiger partial charge on any atom is 0.240 e. The smallest absolute Gasteiger partial charge is 0.240 e. The first-order chi connectivity index (χ1) is 10.7. The van der Waals surface area contributed by atoms with Gasteiger partial charge in [0.1, 0.15) is 0 Å². The van der Waals surface area contributed by atoms with Gasteiger partial charge in [-0.25, -0.2) is 4.68 Å². The highest BCUT2D eigenvalue weighted by Gasteiger charge is 2.35. The number of para-hydroxylation sites is 1.